The first-order valence-electron chi connectivity index (χ1n) is 7.93. The van der Waals surface area contributed by atoms with E-state index >= 15 is 0 Å². The highest BCUT2D eigenvalue weighted by Gasteiger charge is 2.45. The second kappa shape index (κ2) is 6.12. The summed E-state index contributed by atoms with van der Waals surface area (Å²) in [5, 5.41) is 4.90. The molecule has 3 nitrogen and oxygen atoms in total. The van der Waals surface area contributed by atoms with E-state index in [0.29, 0.717) is 0 Å². The molecule has 0 aliphatic heterocycles. The van der Waals surface area contributed by atoms with Gasteiger partial charge in [-0.1, -0.05) is 31.2 Å². The second-order valence-electron chi connectivity index (χ2n) is 5.93. The lowest BCUT2D eigenvalue weighted by atomic mass is 9.72. The summed E-state index contributed by atoms with van der Waals surface area (Å²) in [6, 6.07) is 10.8. The van der Waals surface area contributed by atoms with Crippen LogP contribution in [-0.4, -0.2) is 24.2 Å². The van der Waals surface area contributed by atoms with Crippen LogP contribution in [0.25, 0.3) is 10.9 Å². The van der Waals surface area contributed by atoms with Gasteiger partial charge in [0, 0.05) is 18.7 Å². The molecule has 1 aliphatic rings. The van der Waals surface area contributed by atoms with Gasteiger partial charge in [-0.3, -0.25) is 4.98 Å². The molecule has 1 fully saturated rings. The minimum atomic E-state index is -0.0685. The molecule has 1 aromatic carbocycles. The molecule has 0 amide bonds. The molecule has 1 aliphatic carbocycles. The van der Waals surface area contributed by atoms with Crippen LogP contribution in [0.4, 0.5) is 0 Å². The number of methoxy groups -OCH3 is 1. The maximum Gasteiger partial charge on any atom is 0.0873 e. The van der Waals surface area contributed by atoms with Crippen molar-refractivity contribution in [2.24, 2.45) is 0 Å². The summed E-state index contributed by atoms with van der Waals surface area (Å²) in [6.07, 6.45) is 6.48. The first-order valence-corrected chi connectivity index (χ1v) is 7.93. The average molecular weight is 284 g/mol. The van der Waals surface area contributed by atoms with E-state index in [1.165, 1.54) is 17.4 Å². The number of para-hydroxylation sites is 1. The van der Waals surface area contributed by atoms with E-state index in [0.717, 1.165) is 31.3 Å². The van der Waals surface area contributed by atoms with Gasteiger partial charge in [0.25, 0.3) is 0 Å². The van der Waals surface area contributed by atoms with E-state index in [2.05, 4.69) is 41.5 Å². The van der Waals surface area contributed by atoms with Gasteiger partial charge in [-0.2, -0.15) is 0 Å². The molecule has 3 heteroatoms. The Balaban J connectivity index is 2.05. The van der Waals surface area contributed by atoms with E-state index in [-0.39, 0.29) is 11.6 Å². The van der Waals surface area contributed by atoms with Gasteiger partial charge in [-0.15, -0.1) is 0 Å². The molecule has 1 heterocycles. The monoisotopic (exact) mass is 284 g/mol. The highest BCUT2D eigenvalue weighted by molar-refractivity contribution is 5.82. The molecule has 3 rings (SSSR count). The SMILES string of the molecule is CCCNC(c1cccc2cccnc12)C1(OC)CCC1. The Bertz CT molecular complexity index is 596. The summed E-state index contributed by atoms with van der Waals surface area (Å²) in [6.45, 7) is 3.20. The second-order valence-corrected chi connectivity index (χ2v) is 5.93. The summed E-state index contributed by atoms with van der Waals surface area (Å²) in [7, 11) is 1.85. The first kappa shape index (κ1) is 14.5. The van der Waals surface area contributed by atoms with E-state index in [9.17, 15) is 0 Å². The Morgan fingerprint density at radius 1 is 1.29 bits per heavy atom. The van der Waals surface area contributed by atoms with Crippen LogP contribution in [0.5, 0.6) is 0 Å². The molecule has 1 N–H and O–H groups in total. The summed E-state index contributed by atoms with van der Waals surface area (Å²) >= 11 is 0. The minimum absolute atomic E-state index is 0.0685. The van der Waals surface area contributed by atoms with E-state index < -0.39 is 0 Å². The molecule has 21 heavy (non-hydrogen) atoms. The lowest BCUT2D eigenvalue weighted by Crippen LogP contribution is -2.50. The normalized spacial score (nSPS) is 18.4. The van der Waals surface area contributed by atoms with Gasteiger partial charge < -0.3 is 10.1 Å². The van der Waals surface area contributed by atoms with Gasteiger partial charge in [-0.25, -0.2) is 0 Å². The van der Waals surface area contributed by atoms with Crippen LogP contribution >= 0.6 is 0 Å². The third kappa shape index (κ3) is 2.56. The summed E-state index contributed by atoms with van der Waals surface area (Å²) in [5.41, 5.74) is 2.29. The van der Waals surface area contributed by atoms with Crippen LogP contribution in [-0.2, 0) is 4.74 Å². The zero-order valence-corrected chi connectivity index (χ0v) is 12.9. The molecular formula is C18H24N2O. The number of hydrogen-bond acceptors (Lipinski definition) is 3. The van der Waals surface area contributed by atoms with E-state index in [1.54, 1.807) is 0 Å². The zero-order valence-electron chi connectivity index (χ0n) is 12.9. The van der Waals surface area contributed by atoms with Crippen molar-refractivity contribution in [2.75, 3.05) is 13.7 Å². The molecule has 1 atom stereocenters. The third-order valence-corrected chi connectivity index (χ3v) is 4.71. The fourth-order valence-corrected chi connectivity index (χ4v) is 3.36. The summed E-state index contributed by atoms with van der Waals surface area (Å²) in [5.74, 6) is 0. The Morgan fingerprint density at radius 2 is 2.10 bits per heavy atom. The van der Waals surface area contributed by atoms with Crippen molar-refractivity contribution in [1.29, 1.82) is 0 Å². The predicted molar refractivity (Wildman–Crippen MR) is 86.4 cm³/mol. The maximum atomic E-state index is 5.95. The van der Waals surface area contributed by atoms with Crippen LogP contribution in [0, 0.1) is 0 Å². The number of fused-ring (bicyclic) bond motifs is 1. The van der Waals surface area contributed by atoms with E-state index in [4.69, 9.17) is 4.74 Å². The smallest absolute Gasteiger partial charge is 0.0873 e. The number of ether oxygens (including phenoxy) is 1. The van der Waals surface area contributed by atoms with Crippen molar-refractivity contribution in [3.05, 3.63) is 42.1 Å². The first-order chi connectivity index (χ1) is 10.3. The largest absolute Gasteiger partial charge is 0.376 e. The molecule has 0 saturated heterocycles. The standard InChI is InChI=1S/C18H24N2O/c1-3-12-20-17(18(21-2)10-6-11-18)15-9-4-7-14-8-5-13-19-16(14)15/h4-5,7-9,13,17,20H,3,6,10-12H2,1-2H3. The van der Waals surface area contributed by atoms with Gasteiger partial charge in [-0.05, 0) is 43.9 Å². The maximum absolute atomic E-state index is 5.95. The Hall–Kier alpha value is -1.45. The molecule has 1 unspecified atom stereocenters. The molecule has 112 valence electrons. The predicted octanol–water partition coefficient (Wildman–Crippen LogP) is 3.84. The topological polar surface area (TPSA) is 34.2 Å². The number of hydrogen-bond donors (Lipinski definition) is 1. The minimum Gasteiger partial charge on any atom is -0.376 e. The van der Waals surface area contributed by atoms with Crippen LogP contribution in [0.15, 0.2) is 36.5 Å². The molecule has 0 radical (unpaired) electrons. The highest BCUT2D eigenvalue weighted by Crippen LogP contribution is 2.46. The van der Waals surface area contributed by atoms with Crippen molar-refractivity contribution in [3.63, 3.8) is 0 Å². The summed E-state index contributed by atoms with van der Waals surface area (Å²) in [4.78, 5) is 4.62. The Morgan fingerprint density at radius 3 is 2.76 bits per heavy atom. The van der Waals surface area contributed by atoms with Crippen molar-refractivity contribution >= 4 is 10.9 Å². The average Bonchev–Trinajstić information content (AvgIpc) is 2.49. The lowest BCUT2D eigenvalue weighted by Gasteiger charge is -2.47. The highest BCUT2D eigenvalue weighted by atomic mass is 16.5. The molecule has 2 aromatic rings. The zero-order chi connectivity index (χ0) is 14.7. The number of rotatable bonds is 6. The number of nitrogens with zero attached hydrogens (tertiary/aromatic N) is 1. The van der Waals surface area contributed by atoms with Crippen LogP contribution in [0.3, 0.4) is 0 Å². The lowest BCUT2D eigenvalue weighted by molar-refractivity contribution is -0.0994. The van der Waals surface area contributed by atoms with Gasteiger partial charge >= 0.3 is 0 Å². The van der Waals surface area contributed by atoms with Crippen LogP contribution in [0.1, 0.15) is 44.2 Å². The summed E-state index contributed by atoms with van der Waals surface area (Å²) < 4.78 is 5.95. The van der Waals surface area contributed by atoms with E-state index in [1.807, 2.05) is 19.4 Å². The van der Waals surface area contributed by atoms with Crippen molar-refractivity contribution in [3.8, 4) is 0 Å². The Kier molecular flexibility index (Phi) is 4.22. The fraction of sp³-hybridized carbons (Fsp3) is 0.500. The van der Waals surface area contributed by atoms with Crippen molar-refractivity contribution in [1.82, 2.24) is 10.3 Å². The molecule has 0 bridgehead atoms. The van der Waals surface area contributed by atoms with Crippen LogP contribution in [0.2, 0.25) is 0 Å². The molecular weight excluding hydrogens is 260 g/mol. The quantitative estimate of drug-likeness (QED) is 0.875. The van der Waals surface area contributed by atoms with Crippen LogP contribution < -0.4 is 5.32 Å². The van der Waals surface area contributed by atoms with Gasteiger partial charge in [0.1, 0.15) is 0 Å². The van der Waals surface area contributed by atoms with Gasteiger partial charge in [0.15, 0.2) is 0 Å². The fourth-order valence-electron chi connectivity index (χ4n) is 3.36. The molecule has 1 aromatic heterocycles. The number of nitrogens with one attached hydrogen (secondary N) is 1. The van der Waals surface area contributed by atoms with Crippen molar-refractivity contribution in [2.45, 2.75) is 44.2 Å². The number of benzene rings is 1. The number of pyridine rings is 1. The third-order valence-electron chi connectivity index (χ3n) is 4.71. The molecule has 1 saturated carbocycles. The number of aromatic nitrogens is 1. The van der Waals surface area contributed by atoms with Crippen molar-refractivity contribution < 1.29 is 4.74 Å². The van der Waals surface area contributed by atoms with Gasteiger partial charge in [0.05, 0.1) is 17.2 Å². The molecule has 0 spiro atoms. The van der Waals surface area contributed by atoms with Gasteiger partial charge in [0.2, 0.25) is 0 Å². The Labute approximate surface area is 126 Å².